The van der Waals surface area contributed by atoms with Crippen molar-refractivity contribution in [1.29, 1.82) is 0 Å². The van der Waals surface area contributed by atoms with E-state index in [1.807, 2.05) is 12.1 Å². The van der Waals surface area contributed by atoms with Crippen LogP contribution in [0.3, 0.4) is 0 Å². The number of alkyl halides is 2. The highest BCUT2D eigenvalue weighted by atomic mass is 79.9. The summed E-state index contributed by atoms with van der Waals surface area (Å²) in [5, 5.41) is 3.14. The van der Waals surface area contributed by atoms with Gasteiger partial charge in [0.05, 0.1) is 14.2 Å². The van der Waals surface area contributed by atoms with E-state index in [1.165, 1.54) is 0 Å². The van der Waals surface area contributed by atoms with Crippen LogP contribution in [0.5, 0.6) is 11.5 Å². The Hall–Kier alpha value is -0.920. The average molecular weight is 368 g/mol. The summed E-state index contributed by atoms with van der Waals surface area (Å²) in [5.41, 5.74) is 0.910. The van der Waals surface area contributed by atoms with Crippen molar-refractivity contribution in [2.45, 2.75) is 18.9 Å². The molecule has 0 heterocycles. The molecule has 7 heteroatoms. The smallest absolute Gasteiger partial charge is 0.261 e. The monoisotopic (exact) mass is 367 g/mol. The van der Waals surface area contributed by atoms with E-state index >= 15 is 0 Å². The van der Waals surface area contributed by atoms with Crippen molar-refractivity contribution < 1.29 is 23.0 Å². The van der Waals surface area contributed by atoms with Crippen LogP contribution in [0.4, 0.5) is 8.78 Å². The number of nitrogens with one attached hydrogen (secondary N) is 1. The van der Waals surface area contributed by atoms with E-state index in [-0.39, 0.29) is 12.6 Å². The normalized spacial score (nSPS) is 12.5. The fourth-order valence-corrected chi connectivity index (χ4v) is 2.71. The summed E-state index contributed by atoms with van der Waals surface area (Å²) in [6.07, 6.45) is -1.89. The van der Waals surface area contributed by atoms with Gasteiger partial charge in [-0.05, 0) is 41.5 Å². The Morgan fingerprint density at radius 2 is 1.95 bits per heavy atom. The highest BCUT2D eigenvalue weighted by molar-refractivity contribution is 9.10. The molecule has 1 rings (SSSR count). The van der Waals surface area contributed by atoms with E-state index in [0.29, 0.717) is 17.9 Å². The van der Waals surface area contributed by atoms with Crippen molar-refractivity contribution >= 4 is 15.9 Å². The first-order chi connectivity index (χ1) is 10.0. The van der Waals surface area contributed by atoms with Crippen molar-refractivity contribution in [3.63, 3.8) is 0 Å². The second-order valence-electron chi connectivity index (χ2n) is 4.30. The molecule has 1 unspecified atom stereocenters. The van der Waals surface area contributed by atoms with Crippen LogP contribution < -0.4 is 14.8 Å². The Bertz CT molecular complexity index is 446. The molecule has 0 aromatic heterocycles. The van der Waals surface area contributed by atoms with E-state index in [0.717, 1.165) is 10.0 Å². The molecule has 1 aromatic carbocycles. The molecule has 0 amide bonds. The Labute approximate surface area is 131 Å². The van der Waals surface area contributed by atoms with E-state index < -0.39 is 13.0 Å². The largest absolute Gasteiger partial charge is 0.495 e. The van der Waals surface area contributed by atoms with E-state index in [2.05, 4.69) is 21.2 Å². The predicted molar refractivity (Wildman–Crippen MR) is 80.5 cm³/mol. The van der Waals surface area contributed by atoms with Crippen molar-refractivity contribution in [2.24, 2.45) is 0 Å². The molecule has 1 N–H and O–H groups in total. The Kier molecular flexibility index (Phi) is 7.92. The SMILES string of the molecule is CNC(CCOCC(F)F)c1ccc(OC)c(Br)c1OC. The lowest BCUT2D eigenvalue weighted by molar-refractivity contribution is 0.0145. The Balaban J connectivity index is 2.82. The molecule has 0 saturated carbocycles. The zero-order valence-electron chi connectivity index (χ0n) is 12.3. The van der Waals surface area contributed by atoms with Crippen LogP contribution in [0.15, 0.2) is 16.6 Å². The van der Waals surface area contributed by atoms with Crippen molar-refractivity contribution in [3.05, 3.63) is 22.2 Å². The van der Waals surface area contributed by atoms with Gasteiger partial charge in [-0.25, -0.2) is 8.78 Å². The van der Waals surface area contributed by atoms with Gasteiger partial charge in [-0.15, -0.1) is 0 Å². The molecule has 0 aliphatic rings. The maximum atomic E-state index is 12.0. The first-order valence-electron chi connectivity index (χ1n) is 6.48. The second kappa shape index (κ2) is 9.17. The number of benzene rings is 1. The molecule has 0 saturated heterocycles. The number of ether oxygens (including phenoxy) is 3. The molecular formula is C14H20BrF2NO3. The first-order valence-corrected chi connectivity index (χ1v) is 7.28. The summed E-state index contributed by atoms with van der Waals surface area (Å²) in [4.78, 5) is 0. The average Bonchev–Trinajstić information content (AvgIpc) is 2.47. The highest BCUT2D eigenvalue weighted by Gasteiger charge is 2.19. The highest BCUT2D eigenvalue weighted by Crippen LogP contribution is 2.40. The second-order valence-corrected chi connectivity index (χ2v) is 5.09. The Morgan fingerprint density at radius 3 is 2.48 bits per heavy atom. The topological polar surface area (TPSA) is 39.7 Å². The number of hydrogen-bond donors (Lipinski definition) is 1. The van der Waals surface area contributed by atoms with Gasteiger partial charge in [0.25, 0.3) is 6.43 Å². The lowest BCUT2D eigenvalue weighted by atomic mass is 10.0. The molecule has 1 aromatic rings. The van der Waals surface area contributed by atoms with Crippen LogP contribution in [0.1, 0.15) is 18.0 Å². The molecule has 0 fully saturated rings. The van der Waals surface area contributed by atoms with Crippen molar-refractivity contribution in [1.82, 2.24) is 5.32 Å². The minimum atomic E-state index is -2.44. The number of rotatable bonds is 9. The van der Waals surface area contributed by atoms with Gasteiger partial charge in [0, 0.05) is 18.2 Å². The van der Waals surface area contributed by atoms with Crippen molar-refractivity contribution in [2.75, 3.05) is 34.5 Å². The maximum Gasteiger partial charge on any atom is 0.261 e. The molecule has 4 nitrogen and oxygen atoms in total. The quantitative estimate of drug-likeness (QED) is 0.679. The van der Waals surface area contributed by atoms with Gasteiger partial charge < -0.3 is 19.5 Å². The molecule has 120 valence electrons. The summed E-state index contributed by atoms with van der Waals surface area (Å²) < 4.78 is 40.4. The predicted octanol–water partition coefficient (Wildman–Crippen LogP) is 3.40. The van der Waals surface area contributed by atoms with Crippen LogP contribution >= 0.6 is 15.9 Å². The summed E-state index contributed by atoms with van der Waals surface area (Å²) >= 11 is 3.44. The zero-order chi connectivity index (χ0) is 15.8. The van der Waals surface area contributed by atoms with Crippen LogP contribution in [0, 0.1) is 0 Å². The standard InChI is InChI=1S/C14H20BrF2NO3/c1-18-10(6-7-21-8-12(16)17)9-4-5-11(19-2)13(15)14(9)20-3/h4-5,10,12,18H,6-8H2,1-3H3. The molecule has 0 bridgehead atoms. The molecule has 0 radical (unpaired) electrons. The number of methoxy groups -OCH3 is 2. The lowest BCUT2D eigenvalue weighted by Crippen LogP contribution is -2.20. The van der Waals surface area contributed by atoms with Crippen LogP contribution in [0.2, 0.25) is 0 Å². The van der Waals surface area contributed by atoms with E-state index in [9.17, 15) is 8.78 Å². The fraction of sp³-hybridized carbons (Fsp3) is 0.571. The van der Waals surface area contributed by atoms with Crippen LogP contribution in [0.25, 0.3) is 0 Å². The van der Waals surface area contributed by atoms with Gasteiger partial charge in [-0.2, -0.15) is 0 Å². The minimum absolute atomic E-state index is 0.0696. The first kappa shape index (κ1) is 18.1. The van der Waals surface area contributed by atoms with E-state index in [4.69, 9.17) is 14.2 Å². The van der Waals surface area contributed by atoms with Gasteiger partial charge in [0.2, 0.25) is 0 Å². The maximum absolute atomic E-state index is 12.0. The number of hydrogen-bond acceptors (Lipinski definition) is 4. The molecule has 0 aliphatic heterocycles. The van der Waals surface area contributed by atoms with Crippen LogP contribution in [-0.2, 0) is 4.74 Å². The molecule has 0 spiro atoms. The van der Waals surface area contributed by atoms with Gasteiger partial charge in [0.15, 0.2) is 0 Å². The summed E-state index contributed by atoms with van der Waals surface area (Å²) in [5.74, 6) is 1.32. The minimum Gasteiger partial charge on any atom is -0.495 e. The lowest BCUT2D eigenvalue weighted by Gasteiger charge is -2.21. The summed E-state index contributed by atoms with van der Waals surface area (Å²) in [6, 6.07) is 3.64. The molecule has 1 atom stereocenters. The third kappa shape index (κ3) is 5.09. The van der Waals surface area contributed by atoms with Gasteiger partial charge in [-0.1, -0.05) is 0 Å². The fourth-order valence-electron chi connectivity index (χ4n) is 2.02. The van der Waals surface area contributed by atoms with Crippen molar-refractivity contribution in [3.8, 4) is 11.5 Å². The van der Waals surface area contributed by atoms with E-state index in [1.54, 1.807) is 21.3 Å². The summed E-state index contributed by atoms with van der Waals surface area (Å²) in [7, 11) is 4.95. The molecule has 0 aliphatic carbocycles. The third-order valence-corrected chi connectivity index (χ3v) is 3.79. The van der Waals surface area contributed by atoms with Gasteiger partial charge >= 0.3 is 0 Å². The Morgan fingerprint density at radius 1 is 1.24 bits per heavy atom. The van der Waals surface area contributed by atoms with Gasteiger partial charge in [-0.3, -0.25) is 0 Å². The van der Waals surface area contributed by atoms with Crippen LogP contribution in [-0.4, -0.2) is 40.9 Å². The molecule has 21 heavy (non-hydrogen) atoms. The van der Waals surface area contributed by atoms with Gasteiger partial charge in [0.1, 0.15) is 22.6 Å². The zero-order valence-corrected chi connectivity index (χ0v) is 13.9. The summed E-state index contributed by atoms with van der Waals surface area (Å²) in [6.45, 7) is -0.303. The number of halogens is 3. The third-order valence-electron chi connectivity index (χ3n) is 3.03. The molecular weight excluding hydrogens is 348 g/mol.